The predicted octanol–water partition coefficient (Wildman–Crippen LogP) is 5.48. The molecule has 2 N–H and O–H groups in total. The number of carbonyl (C=O) groups is 1. The topological polar surface area (TPSA) is 49.3 Å². The van der Waals surface area contributed by atoms with E-state index < -0.39 is 11.4 Å². The number of aryl methyl sites for hydroxylation is 1. The summed E-state index contributed by atoms with van der Waals surface area (Å²) in [5.74, 6) is -0.760. The molecule has 0 amide bonds. The summed E-state index contributed by atoms with van der Waals surface area (Å²) in [5.41, 5.74) is 5.49. The smallest absolute Gasteiger partial charge is 0.309 e. The average molecular weight is 351 g/mol. The van der Waals surface area contributed by atoms with Gasteiger partial charge in [0.2, 0.25) is 0 Å². The molecule has 0 fully saturated rings. The molecule has 3 heteroatoms. The van der Waals surface area contributed by atoms with Crippen molar-refractivity contribution in [1.82, 2.24) is 0 Å². The van der Waals surface area contributed by atoms with E-state index in [0.717, 1.165) is 12.0 Å². The van der Waals surface area contributed by atoms with Crippen molar-refractivity contribution in [2.45, 2.75) is 58.9 Å². The Hall–Kier alpha value is -2.29. The molecule has 3 nitrogen and oxygen atoms in total. The Morgan fingerprint density at radius 3 is 2.65 bits per heavy atom. The van der Waals surface area contributed by atoms with Gasteiger partial charge in [0, 0.05) is 5.69 Å². The molecule has 2 aromatic rings. The molecule has 0 saturated heterocycles. The second-order valence-electron chi connectivity index (χ2n) is 8.94. The minimum Gasteiger partial charge on any atom is -0.481 e. The molecule has 0 aromatic heterocycles. The number of nitrogens with one attached hydrogen (secondary N) is 1. The van der Waals surface area contributed by atoms with E-state index in [-0.39, 0.29) is 11.5 Å². The van der Waals surface area contributed by atoms with Crippen molar-refractivity contribution in [1.29, 1.82) is 0 Å². The molecule has 1 atom stereocenters. The molecule has 26 heavy (non-hydrogen) atoms. The third kappa shape index (κ3) is 3.62. The molecule has 0 bridgehead atoms. The van der Waals surface area contributed by atoms with Gasteiger partial charge >= 0.3 is 5.97 Å². The maximum atomic E-state index is 11.4. The molecule has 0 saturated carbocycles. The summed E-state index contributed by atoms with van der Waals surface area (Å²) in [6.45, 7) is 10.3. The molecule has 0 aliphatic carbocycles. The lowest BCUT2D eigenvalue weighted by Crippen LogP contribution is -2.31. The van der Waals surface area contributed by atoms with Crippen LogP contribution in [0, 0.1) is 12.3 Å². The first kappa shape index (κ1) is 18.5. The van der Waals surface area contributed by atoms with Gasteiger partial charge in [-0.25, -0.2) is 0 Å². The molecular weight excluding hydrogens is 322 g/mol. The molecule has 2 aromatic carbocycles. The SMILES string of the molecule is Cc1ccc2c(c1)C(C)(C)CC(c1cccc(CC(C)(C)C(=O)O)c1)N2. The quantitative estimate of drug-likeness (QED) is 0.766. The van der Waals surface area contributed by atoms with Gasteiger partial charge in [0.25, 0.3) is 0 Å². The van der Waals surface area contributed by atoms with Crippen LogP contribution in [0.5, 0.6) is 0 Å². The molecule has 0 radical (unpaired) electrons. The number of aliphatic carboxylic acids is 1. The van der Waals surface area contributed by atoms with Crippen LogP contribution in [0.1, 0.15) is 62.4 Å². The molecule has 3 rings (SSSR count). The Kier molecular flexibility index (Phi) is 4.60. The van der Waals surface area contributed by atoms with E-state index in [9.17, 15) is 9.90 Å². The molecule has 138 valence electrons. The van der Waals surface area contributed by atoms with Crippen LogP contribution in [0.3, 0.4) is 0 Å². The summed E-state index contributed by atoms with van der Waals surface area (Å²) in [4.78, 5) is 11.4. The molecule has 0 spiro atoms. The van der Waals surface area contributed by atoms with Crippen molar-refractivity contribution in [3.63, 3.8) is 0 Å². The molecule has 1 unspecified atom stereocenters. The van der Waals surface area contributed by atoms with E-state index in [2.05, 4.69) is 56.4 Å². The molecule has 1 heterocycles. The van der Waals surface area contributed by atoms with Crippen LogP contribution in [-0.2, 0) is 16.6 Å². The van der Waals surface area contributed by atoms with Crippen molar-refractivity contribution < 1.29 is 9.90 Å². The predicted molar refractivity (Wildman–Crippen MR) is 107 cm³/mol. The highest BCUT2D eigenvalue weighted by atomic mass is 16.4. The van der Waals surface area contributed by atoms with E-state index in [1.165, 1.54) is 22.4 Å². The number of anilines is 1. The third-order valence-corrected chi connectivity index (χ3v) is 5.53. The number of fused-ring (bicyclic) bond motifs is 1. The summed E-state index contributed by atoms with van der Waals surface area (Å²) in [6.07, 6.45) is 1.54. The number of rotatable bonds is 4. The fraction of sp³-hybridized carbons (Fsp3) is 0.435. The van der Waals surface area contributed by atoms with Crippen LogP contribution in [-0.4, -0.2) is 11.1 Å². The van der Waals surface area contributed by atoms with Gasteiger partial charge in [0.15, 0.2) is 0 Å². The van der Waals surface area contributed by atoms with E-state index in [1.54, 1.807) is 13.8 Å². The Balaban J connectivity index is 1.90. The highest BCUT2D eigenvalue weighted by molar-refractivity contribution is 5.74. The van der Waals surface area contributed by atoms with Crippen LogP contribution in [0.2, 0.25) is 0 Å². The second-order valence-corrected chi connectivity index (χ2v) is 8.94. The molecular formula is C23H29NO2. The number of hydrogen-bond donors (Lipinski definition) is 2. The summed E-state index contributed by atoms with van der Waals surface area (Å²) >= 11 is 0. The first-order valence-corrected chi connectivity index (χ1v) is 9.28. The van der Waals surface area contributed by atoms with Gasteiger partial charge in [0.1, 0.15) is 0 Å². The van der Waals surface area contributed by atoms with Crippen molar-refractivity contribution in [2.75, 3.05) is 5.32 Å². The Bertz CT molecular complexity index is 836. The zero-order chi connectivity index (χ0) is 19.1. The van der Waals surface area contributed by atoms with Crippen LogP contribution < -0.4 is 5.32 Å². The zero-order valence-corrected chi connectivity index (χ0v) is 16.4. The summed E-state index contributed by atoms with van der Waals surface area (Å²) in [7, 11) is 0. The van der Waals surface area contributed by atoms with Crippen molar-refractivity contribution in [3.8, 4) is 0 Å². The van der Waals surface area contributed by atoms with Crippen LogP contribution in [0.4, 0.5) is 5.69 Å². The highest BCUT2D eigenvalue weighted by Crippen LogP contribution is 2.44. The number of carboxylic acids is 1. The number of carboxylic acid groups (broad SMARTS) is 1. The normalized spacial score (nSPS) is 18.7. The van der Waals surface area contributed by atoms with Gasteiger partial charge in [-0.3, -0.25) is 4.79 Å². The Morgan fingerprint density at radius 2 is 1.96 bits per heavy atom. The van der Waals surface area contributed by atoms with Crippen molar-refractivity contribution >= 4 is 11.7 Å². The van der Waals surface area contributed by atoms with E-state index in [0.29, 0.717) is 6.42 Å². The third-order valence-electron chi connectivity index (χ3n) is 5.53. The lowest BCUT2D eigenvalue weighted by Gasteiger charge is -2.39. The highest BCUT2D eigenvalue weighted by Gasteiger charge is 2.34. The van der Waals surface area contributed by atoms with E-state index >= 15 is 0 Å². The average Bonchev–Trinajstić information content (AvgIpc) is 2.54. The van der Waals surface area contributed by atoms with Gasteiger partial charge in [-0.1, -0.05) is 55.8 Å². The van der Waals surface area contributed by atoms with Gasteiger partial charge in [0.05, 0.1) is 11.5 Å². The Morgan fingerprint density at radius 1 is 1.23 bits per heavy atom. The summed E-state index contributed by atoms with van der Waals surface area (Å²) in [6, 6.07) is 15.2. The van der Waals surface area contributed by atoms with Crippen molar-refractivity contribution in [3.05, 3.63) is 64.7 Å². The van der Waals surface area contributed by atoms with Crippen LogP contribution in [0.25, 0.3) is 0 Å². The fourth-order valence-corrected chi connectivity index (χ4v) is 3.91. The monoisotopic (exact) mass is 351 g/mol. The lowest BCUT2D eigenvalue weighted by molar-refractivity contribution is -0.146. The summed E-state index contributed by atoms with van der Waals surface area (Å²) < 4.78 is 0. The molecule has 1 aliphatic heterocycles. The lowest BCUT2D eigenvalue weighted by atomic mass is 9.73. The van der Waals surface area contributed by atoms with Crippen molar-refractivity contribution in [2.24, 2.45) is 5.41 Å². The zero-order valence-electron chi connectivity index (χ0n) is 16.4. The van der Waals surface area contributed by atoms with E-state index in [1.807, 2.05) is 12.1 Å². The van der Waals surface area contributed by atoms with Crippen LogP contribution >= 0.6 is 0 Å². The molecule has 1 aliphatic rings. The largest absolute Gasteiger partial charge is 0.481 e. The second kappa shape index (κ2) is 6.46. The van der Waals surface area contributed by atoms with Crippen LogP contribution in [0.15, 0.2) is 42.5 Å². The maximum Gasteiger partial charge on any atom is 0.309 e. The standard InChI is InChI=1S/C23H29NO2/c1-15-9-10-19-18(11-15)22(2,3)14-20(24-19)17-8-6-7-16(12-17)13-23(4,5)21(25)26/h6-12,20,24H,13-14H2,1-5H3,(H,25,26). The summed E-state index contributed by atoms with van der Waals surface area (Å²) in [5, 5.41) is 13.1. The van der Waals surface area contributed by atoms with E-state index in [4.69, 9.17) is 0 Å². The van der Waals surface area contributed by atoms with Gasteiger partial charge in [-0.05, 0) is 61.8 Å². The van der Waals surface area contributed by atoms with Gasteiger partial charge in [-0.15, -0.1) is 0 Å². The number of benzene rings is 2. The minimum absolute atomic E-state index is 0.0909. The van der Waals surface area contributed by atoms with Gasteiger partial charge < -0.3 is 10.4 Å². The maximum absolute atomic E-state index is 11.4. The first-order chi connectivity index (χ1) is 12.1. The Labute approximate surface area is 156 Å². The number of hydrogen-bond acceptors (Lipinski definition) is 2. The van der Waals surface area contributed by atoms with Gasteiger partial charge in [-0.2, -0.15) is 0 Å². The fourth-order valence-electron chi connectivity index (χ4n) is 3.91. The first-order valence-electron chi connectivity index (χ1n) is 9.28. The minimum atomic E-state index is -0.762.